The molecule has 12 rings (SSSR count). The van der Waals surface area contributed by atoms with E-state index in [1.165, 1.54) is 57.6 Å². The molecule has 117 heavy (non-hydrogen) atoms. The maximum atomic E-state index is 15.7. The van der Waals surface area contributed by atoms with Gasteiger partial charge in [-0.05, 0) is 178 Å². The van der Waals surface area contributed by atoms with Crippen molar-refractivity contribution < 1.29 is 58.2 Å². The van der Waals surface area contributed by atoms with E-state index in [1.807, 2.05) is 31.2 Å². The topological polar surface area (TPSA) is 351 Å². The van der Waals surface area contributed by atoms with Crippen molar-refractivity contribution in [3.63, 3.8) is 0 Å². The van der Waals surface area contributed by atoms with Gasteiger partial charge in [0.25, 0.3) is 0 Å². The molecule has 3 saturated heterocycles. The van der Waals surface area contributed by atoms with E-state index in [1.54, 1.807) is 48.8 Å². The molecule has 12 N–H and O–H groups in total. The van der Waals surface area contributed by atoms with Crippen LogP contribution in [0.2, 0.25) is 0 Å². The molecule has 2 aliphatic carbocycles. The van der Waals surface area contributed by atoms with Crippen LogP contribution in [0.15, 0.2) is 104 Å². The Kier molecular flexibility index (Phi) is 32.0. The van der Waals surface area contributed by atoms with Crippen molar-refractivity contribution in [1.82, 2.24) is 51.3 Å². The Bertz CT molecular complexity index is 4620. The molecular formula is C90H119N11O12S4. The van der Waals surface area contributed by atoms with Crippen molar-refractivity contribution in [2.24, 2.45) is 41.2 Å². The van der Waals surface area contributed by atoms with Gasteiger partial charge in [-0.3, -0.25) is 57.7 Å². The monoisotopic (exact) mass is 1670 g/mol. The van der Waals surface area contributed by atoms with E-state index in [0.29, 0.717) is 84.9 Å². The van der Waals surface area contributed by atoms with E-state index in [9.17, 15) is 39.0 Å². The van der Waals surface area contributed by atoms with Gasteiger partial charge in [0.1, 0.15) is 17.6 Å². The summed E-state index contributed by atoms with van der Waals surface area (Å²) >= 11 is 3.25. The number of carbonyl (C=O) groups is 10. The van der Waals surface area contributed by atoms with E-state index in [4.69, 9.17) is 5.73 Å². The smallest absolute Gasteiger partial charge is 0.242 e. The first-order valence-corrected chi connectivity index (χ1v) is 47.3. The number of aromatic hydroxyl groups is 1. The highest BCUT2D eigenvalue weighted by Gasteiger charge is 2.44. The number of carbonyl (C=O) groups excluding carboxylic acids is 10. The molecule has 6 amide bonds. The number of likely N-dealkylation sites (tertiary alicyclic amines) is 2. The zero-order valence-electron chi connectivity index (χ0n) is 68.3. The predicted octanol–water partition coefficient (Wildman–Crippen LogP) is 11.4. The molecule has 0 bridgehead atoms. The molecule has 15 atom stereocenters. The fourth-order valence-electron chi connectivity index (χ4n) is 18.8. The second-order valence-corrected chi connectivity index (χ2v) is 38.0. The average Bonchev–Trinajstić information content (AvgIpc) is 1.68. The number of aromatic amines is 3. The molecule has 0 saturated carbocycles. The highest BCUT2D eigenvalue weighted by atomic mass is 33.1. The van der Waals surface area contributed by atoms with E-state index in [0.717, 1.165) is 114 Å². The summed E-state index contributed by atoms with van der Waals surface area (Å²) in [4.78, 5) is 162. The number of benzene rings is 4. The van der Waals surface area contributed by atoms with E-state index < -0.39 is 114 Å². The van der Waals surface area contributed by atoms with Gasteiger partial charge >= 0.3 is 0 Å². The third kappa shape index (κ3) is 22.8. The third-order valence-corrected chi connectivity index (χ3v) is 29.7. The Morgan fingerprint density at radius 1 is 0.632 bits per heavy atom. The molecule has 3 aromatic heterocycles. The number of amides is 6. The van der Waals surface area contributed by atoms with Crippen LogP contribution in [0.5, 0.6) is 5.75 Å². The number of rotatable bonds is 33. The minimum Gasteiger partial charge on any atom is -0.508 e. The van der Waals surface area contributed by atoms with Crippen molar-refractivity contribution in [3.05, 3.63) is 137 Å². The number of aromatic nitrogens is 3. The van der Waals surface area contributed by atoms with E-state index in [-0.39, 0.29) is 79.6 Å². The number of primary amides is 1. The lowest BCUT2D eigenvalue weighted by Crippen LogP contribution is -2.53. The summed E-state index contributed by atoms with van der Waals surface area (Å²) in [5.74, 6) is -6.33. The number of hydrogen-bond donors (Lipinski definition) is 11. The van der Waals surface area contributed by atoms with Crippen molar-refractivity contribution in [1.29, 1.82) is 0 Å². The van der Waals surface area contributed by atoms with Crippen molar-refractivity contribution in [2.45, 2.75) is 211 Å². The molecule has 27 heteroatoms. The van der Waals surface area contributed by atoms with Crippen LogP contribution in [0.1, 0.15) is 176 Å². The largest absolute Gasteiger partial charge is 0.508 e. The summed E-state index contributed by atoms with van der Waals surface area (Å²) < 4.78 is 0. The lowest BCUT2D eigenvalue weighted by molar-refractivity contribution is -0.136. The lowest BCUT2D eigenvalue weighted by Gasteiger charge is -2.47. The molecule has 5 aliphatic rings. The molecule has 4 aromatic carbocycles. The zero-order valence-corrected chi connectivity index (χ0v) is 71.5. The van der Waals surface area contributed by atoms with Crippen LogP contribution in [-0.2, 0) is 73.6 Å². The summed E-state index contributed by atoms with van der Waals surface area (Å²) in [5.41, 5.74) is 15.6. The maximum Gasteiger partial charge on any atom is 0.242 e. The van der Waals surface area contributed by atoms with Gasteiger partial charge in [0, 0.05) is 156 Å². The molecule has 23 nitrogen and oxygen atoms in total. The first kappa shape index (κ1) is 88.4. The minimum atomic E-state index is -1.52. The van der Waals surface area contributed by atoms with Gasteiger partial charge in [0.2, 0.25) is 35.4 Å². The molecule has 0 spiro atoms. The third-order valence-electron chi connectivity index (χ3n) is 24.8. The first-order valence-electron chi connectivity index (χ1n) is 42.5. The first-order chi connectivity index (χ1) is 56.6. The number of para-hydroxylation sites is 1. The number of phenolic OH excluding ortho intramolecular Hbond substituents is 1. The quantitative estimate of drug-likeness (QED) is 0.0134. The van der Waals surface area contributed by atoms with Gasteiger partial charge < -0.3 is 57.5 Å². The van der Waals surface area contributed by atoms with Crippen LogP contribution in [0.25, 0.3) is 32.7 Å². The number of piperidine rings is 2. The summed E-state index contributed by atoms with van der Waals surface area (Å²) in [5, 5.41) is 39.2. The molecule has 3 fully saturated rings. The zero-order chi connectivity index (χ0) is 82.8. The fourth-order valence-corrected chi connectivity index (χ4v) is 23.3. The van der Waals surface area contributed by atoms with Crippen LogP contribution in [-0.4, -0.2) is 203 Å². The van der Waals surface area contributed by atoms with Crippen molar-refractivity contribution in [2.75, 3.05) is 67.2 Å². The predicted molar refractivity (Wildman–Crippen MR) is 468 cm³/mol. The summed E-state index contributed by atoms with van der Waals surface area (Å²) in [6.45, 7) is 13.6. The number of hydrogen-bond acceptors (Lipinski definition) is 18. The van der Waals surface area contributed by atoms with E-state index in [2.05, 4.69) is 114 Å². The highest BCUT2D eigenvalue weighted by molar-refractivity contribution is 8.76. The maximum absolute atomic E-state index is 15.7. The number of thioether (sulfide) groups is 2. The normalized spacial score (nSPS) is 24.7. The highest BCUT2D eigenvalue weighted by Crippen LogP contribution is 2.48. The van der Waals surface area contributed by atoms with Crippen LogP contribution in [0.3, 0.4) is 0 Å². The van der Waals surface area contributed by atoms with Gasteiger partial charge in [-0.25, -0.2) is 0 Å². The van der Waals surface area contributed by atoms with Crippen LogP contribution in [0.4, 0.5) is 0 Å². The Morgan fingerprint density at radius 3 is 1.85 bits per heavy atom. The standard InChI is InChI=1S/C90H119N11O12S4/c1-6-10-17-58-39-80(106)75(36-60-42-93-72-22-12-11-19-66(60)72)97-89(112)59(32-54-25-27-64(103)28-26-54)40-81(107)76(51-117-116-49-63(41-79(105)71(9-4)96-88(58)111)90(113)99-85(53(5)102)86(91)109)98-87(110)57(35-65(104)50-114-47-55-33-69-67-20-15-23-73-83(67)61(43-94-73)37-77(69)100(45-55)30-7-2)18-13-14-29-92-82(108)52-115-48-56-34-70-68-21-16-24-74-84(68)62(44-95-74)38-78(70)101(46-56)31-8-3/h11-12,15-16,19-28,42-44,53,55-59,63,69-71,75-78,85,93-95,102-103H,6-10,13-14,17-18,29-41,45-52H2,1-5H3,(H2,91,109)(H,92,108)(H,96,111)(H,97,112)(H,98,110)(H,99,113)/t53-,55-,56-,57+,58-,59-,63+,69-,70-,71+,75-,76+,77-,78-,85+/m1/s1. The summed E-state index contributed by atoms with van der Waals surface area (Å²) in [6.07, 6.45) is 12.2. The number of Topliss-reactive ketones (excluding diaryl/α,β-unsaturated/α-hetero) is 4. The van der Waals surface area contributed by atoms with Gasteiger partial charge in [-0.2, -0.15) is 23.5 Å². The number of fused-ring (bicyclic) bond motifs is 5. The molecule has 0 unspecified atom stereocenters. The number of H-pyrrole nitrogens is 3. The summed E-state index contributed by atoms with van der Waals surface area (Å²) in [6, 6.07) is 22.6. The Balaban J connectivity index is 0.791. The number of nitrogens with zero attached hydrogens (tertiary/aromatic N) is 2. The number of aliphatic hydroxyl groups excluding tert-OH is 1. The second kappa shape index (κ2) is 42.3. The van der Waals surface area contributed by atoms with Crippen molar-refractivity contribution in [3.8, 4) is 5.75 Å². The molecule has 0 radical (unpaired) electrons. The number of nitrogens with one attached hydrogen (secondary N) is 8. The SMILES string of the molecule is CCCC[C@@H]1CC(=O)[C@@H](Cc2c[nH]c3ccccc23)NC(=O)[C@H](Cc2ccc(O)cc2)CC(=O)[C@@H](NC(=O)[C@@H](CCCCNC(=O)CSC[C@@H]2C[C@@H]3c4cccc5[nH]cc(c45)C[C@H]3N(CCC)C2)CC(=O)CSC[C@@H]2C[C@@H]3c4cccc5[nH]cc(c45)C[C@H]3N(CCC)C2)CSSC[C@@H](C(=O)N[C@H](C(N)=O)[C@@H](C)O)CC(=O)[C@H](CC)NC1=O. The number of unbranched alkanes of at least 4 members (excludes halogenated alkanes) is 2. The van der Waals surface area contributed by atoms with Crippen LogP contribution >= 0.6 is 45.1 Å². The Labute approximate surface area is 703 Å². The number of phenols is 1. The molecular weight excluding hydrogens is 1560 g/mol. The Hall–Kier alpha value is -7.92. The van der Waals surface area contributed by atoms with Crippen LogP contribution in [0, 0.1) is 35.5 Å². The van der Waals surface area contributed by atoms with Gasteiger partial charge in [-0.15, -0.1) is 0 Å². The molecule has 7 aromatic rings. The number of ketones is 4. The molecule has 6 heterocycles. The lowest BCUT2D eigenvalue weighted by atomic mass is 9.72. The van der Waals surface area contributed by atoms with Crippen molar-refractivity contribution >= 4 is 136 Å². The van der Waals surface area contributed by atoms with Crippen LogP contribution < -0.4 is 32.3 Å². The van der Waals surface area contributed by atoms with E-state index >= 15 is 19.2 Å². The molecule has 630 valence electrons. The Morgan fingerprint density at radius 2 is 1.22 bits per heavy atom. The minimum absolute atomic E-state index is 0.00215. The van der Waals surface area contributed by atoms with Gasteiger partial charge in [-0.1, -0.05) is 123 Å². The second-order valence-electron chi connectivity index (χ2n) is 33.4. The number of nitrogens with two attached hydrogens (primary N) is 1. The summed E-state index contributed by atoms with van der Waals surface area (Å²) in [7, 11) is 2.24. The molecule has 3 aliphatic heterocycles. The average molecular weight is 1680 g/mol. The fraction of sp³-hybridized carbons (Fsp3) is 0.556. The van der Waals surface area contributed by atoms with Gasteiger partial charge in [0.15, 0.2) is 17.3 Å². The number of aliphatic hydroxyl groups is 1. The van der Waals surface area contributed by atoms with Gasteiger partial charge in [0.05, 0.1) is 41.7 Å².